The average molecular weight is 781 g/mol. The number of rotatable bonds is 9. The van der Waals surface area contributed by atoms with Crippen LogP contribution in [0.3, 0.4) is 0 Å². The van der Waals surface area contributed by atoms with E-state index in [-0.39, 0.29) is 0 Å². The van der Waals surface area contributed by atoms with Crippen molar-refractivity contribution in [2.24, 2.45) is 0 Å². The van der Waals surface area contributed by atoms with Crippen LogP contribution in [0.15, 0.2) is 247 Å². The fraction of sp³-hybridized carbons (Fsp3) is 0. The monoisotopic (exact) mass is 780 g/mol. The molecule has 0 spiro atoms. The molecule has 3 nitrogen and oxygen atoms in total. The molecule has 1 heterocycles. The molecule has 11 aromatic rings. The van der Waals surface area contributed by atoms with Crippen LogP contribution in [0.1, 0.15) is 0 Å². The van der Waals surface area contributed by atoms with E-state index in [0.717, 1.165) is 78.3 Å². The van der Waals surface area contributed by atoms with Crippen LogP contribution in [0.2, 0.25) is 0 Å². The third-order valence-electron chi connectivity index (χ3n) is 11.6. The van der Waals surface area contributed by atoms with Gasteiger partial charge in [0.2, 0.25) is 0 Å². The summed E-state index contributed by atoms with van der Waals surface area (Å²) >= 11 is 0. The number of furan rings is 1. The molecular weight excluding hydrogens is 741 g/mol. The van der Waals surface area contributed by atoms with E-state index >= 15 is 0 Å². The Bertz CT molecular complexity index is 3280. The summed E-state index contributed by atoms with van der Waals surface area (Å²) in [4.78, 5) is 4.66. The number of anilines is 6. The van der Waals surface area contributed by atoms with Crippen molar-refractivity contribution in [1.82, 2.24) is 0 Å². The highest BCUT2D eigenvalue weighted by Gasteiger charge is 2.20. The van der Waals surface area contributed by atoms with Crippen LogP contribution in [0.4, 0.5) is 34.1 Å². The molecule has 0 saturated carbocycles. The second-order valence-corrected chi connectivity index (χ2v) is 15.4. The van der Waals surface area contributed by atoms with E-state index in [2.05, 4.69) is 240 Å². The molecular formula is C58H40N2O. The largest absolute Gasteiger partial charge is 0.456 e. The predicted octanol–water partition coefficient (Wildman–Crippen LogP) is 16.7. The van der Waals surface area contributed by atoms with Gasteiger partial charge in [0, 0.05) is 33.8 Å². The van der Waals surface area contributed by atoms with Crippen LogP contribution in [-0.4, -0.2) is 0 Å². The molecule has 0 aliphatic heterocycles. The van der Waals surface area contributed by atoms with Crippen molar-refractivity contribution in [3.63, 3.8) is 0 Å². The van der Waals surface area contributed by atoms with E-state index in [1.54, 1.807) is 0 Å². The lowest BCUT2D eigenvalue weighted by Gasteiger charge is -2.26. The standard InChI is InChI=1S/C58H40N2O/c1-4-15-41(16-5-1)46-37-47(43-27-32-51(33-28-43)59(49-19-6-2-7-20-49)53-36-31-42-17-10-11-18-45(42)40-53)39-48(38-46)44-29-34-52(35-30-44)60(50-21-8-3-9-22-50)55-24-14-26-57-58(55)54-23-12-13-25-56(54)61-57/h1-40H. The van der Waals surface area contributed by atoms with Gasteiger partial charge in [-0.15, -0.1) is 0 Å². The van der Waals surface area contributed by atoms with E-state index in [0.29, 0.717) is 0 Å². The highest BCUT2D eigenvalue weighted by Crippen LogP contribution is 2.44. The molecule has 0 radical (unpaired) electrons. The first kappa shape index (κ1) is 36.0. The van der Waals surface area contributed by atoms with Crippen molar-refractivity contribution < 1.29 is 4.42 Å². The first-order valence-electron chi connectivity index (χ1n) is 20.7. The normalized spacial score (nSPS) is 11.3. The first-order chi connectivity index (χ1) is 30.2. The highest BCUT2D eigenvalue weighted by atomic mass is 16.3. The molecule has 61 heavy (non-hydrogen) atoms. The minimum absolute atomic E-state index is 0.871. The lowest BCUT2D eigenvalue weighted by molar-refractivity contribution is 0.669. The van der Waals surface area contributed by atoms with Gasteiger partial charge in [-0.2, -0.15) is 0 Å². The number of benzene rings is 10. The molecule has 0 N–H and O–H groups in total. The van der Waals surface area contributed by atoms with E-state index in [4.69, 9.17) is 4.42 Å². The topological polar surface area (TPSA) is 19.6 Å². The van der Waals surface area contributed by atoms with Crippen LogP contribution in [-0.2, 0) is 0 Å². The third kappa shape index (κ3) is 6.88. The molecule has 0 bridgehead atoms. The molecule has 0 saturated heterocycles. The molecule has 0 atom stereocenters. The summed E-state index contributed by atoms with van der Waals surface area (Å²) < 4.78 is 6.33. The predicted molar refractivity (Wildman–Crippen MR) is 257 cm³/mol. The highest BCUT2D eigenvalue weighted by molar-refractivity contribution is 6.13. The Hall–Kier alpha value is -8.14. The summed E-state index contributed by atoms with van der Waals surface area (Å²) in [6.07, 6.45) is 0. The van der Waals surface area contributed by atoms with Gasteiger partial charge in [-0.25, -0.2) is 0 Å². The molecule has 0 aliphatic rings. The molecule has 288 valence electrons. The zero-order chi connectivity index (χ0) is 40.5. The van der Waals surface area contributed by atoms with Crippen molar-refractivity contribution >= 4 is 66.8 Å². The van der Waals surface area contributed by atoms with E-state index in [1.165, 1.54) is 21.9 Å². The Kier molecular flexibility index (Phi) is 9.18. The molecule has 11 rings (SSSR count). The number of fused-ring (bicyclic) bond motifs is 4. The van der Waals surface area contributed by atoms with Gasteiger partial charge in [-0.05, 0) is 141 Å². The van der Waals surface area contributed by atoms with E-state index in [9.17, 15) is 0 Å². The Labute approximate surface area is 355 Å². The van der Waals surface area contributed by atoms with Gasteiger partial charge in [-0.1, -0.05) is 146 Å². The van der Waals surface area contributed by atoms with Gasteiger partial charge in [0.1, 0.15) is 11.2 Å². The van der Waals surface area contributed by atoms with Gasteiger partial charge in [0.15, 0.2) is 0 Å². The zero-order valence-corrected chi connectivity index (χ0v) is 33.4. The summed E-state index contributed by atoms with van der Waals surface area (Å²) in [5.74, 6) is 0. The van der Waals surface area contributed by atoms with Gasteiger partial charge in [0.05, 0.1) is 11.1 Å². The van der Waals surface area contributed by atoms with Crippen molar-refractivity contribution in [2.45, 2.75) is 0 Å². The van der Waals surface area contributed by atoms with Crippen molar-refractivity contribution in [2.75, 3.05) is 9.80 Å². The Morgan fingerprint density at radius 3 is 1.36 bits per heavy atom. The van der Waals surface area contributed by atoms with Crippen LogP contribution >= 0.6 is 0 Å². The Morgan fingerprint density at radius 1 is 0.262 bits per heavy atom. The lowest BCUT2D eigenvalue weighted by atomic mass is 9.93. The van der Waals surface area contributed by atoms with Crippen molar-refractivity contribution in [3.05, 3.63) is 243 Å². The molecule has 10 aromatic carbocycles. The van der Waals surface area contributed by atoms with Crippen LogP contribution in [0.25, 0.3) is 66.1 Å². The second kappa shape index (κ2) is 15.6. The summed E-state index contributed by atoms with van der Waals surface area (Å²) in [5.41, 5.74) is 15.3. The van der Waals surface area contributed by atoms with Gasteiger partial charge >= 0.3 is 0 Å². The fourth-order valence-electron chi connectivity index (χ4n) is 8.65. The molecule has 0 unspecified atom stereocenters. The van der Waals surface area contributed by atoms with Gasteiger partial charge < -0.3 is 14.2 Å². The summed E-state index contributed by atoms with van der Waals surface area (Å²) in [7, 11) is 0. The number of hydrogen-bond donors (Lipinski definition) is 0. The maximum absolute atomic E-state index is 6.33. The van der Waals surface area contributed by atoms with Gasteiger partial charge in [-0.3, -0.25) is 0 Å². The number of nitrogens with zero attached hydrogens (tertiary/aromatic N) is 2. The molecule has 0 amide bonds. The first-order valence-corrected chi connectivity index (χ1v) is 20.7. The molecule has 0 aliphatic carbocycles. The molecule has 3 heteroatoms. The summed E-state index contributed by atoms with van der Waals surface area (Å²) in [6.45, 7) is 0. The molecule has 0 fully saturated rings. The smallest absolute Gasteiger partial charge is 0.137 e. The summed E-state index contributed by atoms with van der Waals surface area (Å²) in [5, 5.41) is 4.65. The minimum atomic E-state index is 0.871. The molecule has 1 aromatic heterocycles. The fourth-order valence-corrected chi connectivity index (χ4v) is 8.65. The Balaban J connectivity index is 0.988. The van der Waals surface area contributed by atoms with Gasteiger partial charge in [0.25, 0.3) is 0 Å². The SMILES string of the molecule is c1ccc(-c2cc(-c3ccc(N(c4ccccc4)c4ccc5ccccc5c4)cc3)cc(-c3ccc(N(c4ccccc4)c4cccc5oc6ccccc6c45)cc3)c2)cc1. The van der Waals surface area contributed by atoms with Crippen molar-refractivity contribution in [1.29, 1.82) is 0 Å². The summed E-state index contributed by atoms with van der Waals surface area (Å²) in [6, 6.07) is 86.6. The third-order valence-corrected chi connectivity index (χ3v) is 11.6. The second-order valence-electron chi connectivity index (χ2n) is 15.4. The Morgan fingerprint density at radius 2 is 0.721 bits per heavy atom. The number of hydrogen-bond acceptors (Lipinski definition) is 3. The zero-order valence-electron chi connectivity index (χ0n) is 33.4. The maximum atomic E-state index is 6.33. The lowest BCUT2D eigenvalue weighted by Crippen LogP contribution is -2.10. The minimum Gasteiger partial charge on any atom is -0.456 e. The maximum Gasteiger partial charge on any atom is 0.137 e. The number of para-hydroxylation sites is 3. The van der Waals surface area contributed by atoms with Crippen LogP contribution in [0, 0.1) is 0 Å². The quantitative estimate of drug-likeness (QED) is 0.145. The van der Waals surface area contributed by atoms with Crippen LogP contribution in [0.5, 0.6) is 0 Å². The average Bonchev–Trinajstić information content (AvgIpc) is 3.73. The van der Waals surface area contributed by atoms with Crippen LogP contribution < -0.4 is 9.80 Å². The van der Waals surface area contributed by atoms with E-state index < -0.39 is 0 Å². The van der Waals surface area contributed by atoms with E-state index in [1.807, 2.05) is 12.1 Å². The van der Waals surface area contributed by atoms with Crippen molar-refractivity contribution in [3.8, 4) is 33.4 Å².